The predicted octanol–water partition coefficient (Wildman–Crippen LogP) is 3.64. The zero-order valence-corrected chi connectivity index (χ0v) is 12.8. The quantitative estimate of drug-likeness (QED) is 0.884. The highest BCUT2D eigenvalue weighted by molar-refractivity contribution is 5.76. The number of rotatable bonds is 6. The molecule has 0 unspecified atom stereocenters. The van der Waals surface area contributed by atoms with Gasteiger partial charge in [-0.15, -0.1) is 0 Å². The molecule has 1 atom stereocenters. The van der Waals surface area contributed by atoms with Crippen molar-refractivity contribution in [3.63, 3.8) is 0 Å². The van der Waals surface area contributed by atoms with E-state index in [2.05, 4.69) is 5.32 Å². The van der Waals surface area contributed by atoms with Crippen molar-refractivity contribution >= 4 is 5.91 Å². The third kappa shape index (κ3) is 4.07. The van der Waals surface area contributed by atoms with E-state index in [4.69, 9.17) is 4.74 Å². The summed E-state index contributed by atoms with van der Waals surface area (Å²) in [6, 6.07) is 13.9. The van der Waals surface area contributed by atoms with Crippen molar-refractivity contribution in [2.24, 2.45) is 0 Å². The topological polar surface area (TPSA) is 38.3 Å². The Bertz CT molecular complexity index is 642. The first-order valence-corrected chi connectivity index (χ1v) is 7.27. The van der Waals surface area contributed by atoms with Crippen molar-refractivity contribution in [1.82, 2.24) is 5.32 Å². The van der Waals surface area contributed by atoms with E-state index in [1.54, 1.807) is 25.3 Å². The van der Waals surface area contributed by atoms with E-state index in [0.29, 0.717) is 12.0 Å². The molecule has 2 aromatic rings. The molecule has 0 heterocycles. The fourth-order valence-corrected chi connectivity index (χ4v) is 2.36. The Morgan fingerprint density at radius 3 is 2.59 bits per heavy atom. The molecule has 2 aromatic carbocycles. The Labute approximate surface area is 130 Å². The minimum absolute atomic E-state index is 0.110. The Hall–Kier alpha value is -2.36. The van der Waals surface area contributed by atoms with E-state index in [0.717, 1.165) is 11.3 Å². The molecule has 3 nitrogen and oxygen atoms in total. The minimum atomic E-state index is -0.270. The first-order chi connectivity index (χ1) is 10.6. The van der Waals surface area contributed by atoms with Crippen LogP contribution in [-0.4, -0.2) is 13.0 Å². The van der Waals surface area contributed by atoms with Crippen LogP contribution in [0.4, 0.5) is 4.39 Å². The lowest BCUT2D eigenvalue weighted by Crippen LogP contribution is -2.27. The first kappa shape index (κ1) is 16.0. The Balaban J connectivity index is 1.93. The second kappa shape index (κ2) is 7.59. The van der Waals surface area contributed by atoms with Gasteiger partial charge in [0.2, 0.25) is 5.91 Å². The number of aryl methyl sites for hydroxylation is 1. The number of amides is 1. The predicted molar refractivity (Wildman–Crippen MR) is 84.3 cm³/mol. The average molecular weight is 301 g/mol. The molecule has 116 valence electrons. The lowest BCUT2D eigenvalue weighted by molar-refractivity contribution is -0.121. The third-order valence-electron chi connectivity index (χ3n) is 3.56. The van der Waals surface area contributed by atoms with E-state index in [1.807, 2.05) is 31.2 Å². The van der Waals surface area contributed by atoms with Crippen LogP contribution in [0, 0.1) is 5.82 Å². The van der Waals surface area contributed by atoms with Crippen LogP contribution in [0.2, 0.25) is 0 Å². The molecule has 0 aliphatic heterocycles. The molecule has 0 saturated carbocycles. The van der Waals surface area contributed by atoms with Gasteiger partial charge in [-0.2, -0.15) is 0 Å². The number of para-hydroxylation sites is 1. The van der Waals surface area contributed by atoms with E-state index in [1.165, 1.54) is 6.07 Å². The van der Waals surface area contributed by atoms with Gasteiger partial charge in [-0.25, -0.2) is 4.39 Å². The van der Waals surface area contributed by atoms with Crippen molar-refractivity contribution < 1.29 is 13.9 Å². The van der Waals surface area contributed by atoms with Crippen molar-refractivity contribution in [1.29, 1.82) is 0 Å². The van der Waals surface area contributed by atoms with E-state index >= 15 is 0 Å². The van der Waals surface area contributed by atoms with Gasteiger partial charge in [0.05, 0.1) is 13.2 Å². The second-order valence-corrected chi connectivity index (χ2v) is 5.12. The number of halogens is 1. The van der Waals surface area contributed by atoms with Crippen molar-refractivity contribution in [3.05, 3.63) is 65.5 Å². The van der Waals surface area contributed by atoms with Crippen molar-refractivity contribution in [2.75, 3.05) is 7.11 Å². The maximum atomic E-state index is 13.5. The maximum Gasteiger partial charge on any atom is 0.220 e. The van der Waals surface area contributed by atoms with Crippen molar-refractivity contribution in [3.8, 4) is 5.75 Å². The molecule has 0 spiro atoms. The van der Waals surface area contributed by atoms with Gasteiger partial charge in [-0.05, 0) is 31.0 Å². The monoisotopic (exact) mass is 301 g/mol. The van der Waals surface area contributed by atoms with Gasteiger partial charge in [0, 0.05) is 12.0 Å². The number of carbonyl (C=O) groups excluding carboxylic acids is 1. The van der Waals surface area contributed by atoms with Crippen LogP contribution < -0.4 is 10.1 Å². The molecular formula is C18H20FNO2. The Morgan fingerprint density at radius 1 is 1.18 bits per heavy atom. The van der Waals surface area contributed by atoms with E-state index < -0.39 is 0 Å². The molecule has 0 aliphatic rings. The van der Waals surface area contributed by atoms with Crippen LogP contribution >= 0.6 is 0 Å². The number of ether oxygens (including phenoxy) is 1. The second-order valence-electron chi connectivity index (χ2n) is 5.12. The number of carbonyl (C=O) groups is 1. The van der Waals surface area contributed by atoms with Gasteiger partial charge in [0.15, 0.2) is 0 Å². The molecular weight excluding hydrogens is 281 g/mol. The Kier molecular flexibility index (Phi) is 5.53. The molecule has 0 saturated heterocycles. The van der Waals surface area contributed by atoms with Gasteiger partial charge < -0.3 is 10.1 Å². The van der Waals surface area contributed by atoms with Crippen molar-refractivity contribution in [2.45, 2.75) is 25.8 Å². The van der Waals surface area contributed by atoms with Crippen LogP contribution in [0.5, 0.6) is 5.75 Å². The van der Waals surface area contributed by atoms with Crippen LogP contribution in [0.25, 0.3) is 0 Å². The number of hydrogen-bond donors (Lipinski definition) is 1. The SMILES string of the molecule is COc1ccccc1[C@@H](C)NC(=O)CCc1ccccc1F. The van der Waals surface area contributed by atoms with Gasteiger partial charge in [-0.1, -0.05) is 36.4 Å². The van der Waals surface area contributed by atoms with E-state index in [-0.39, 0.29) is 24.2 Å². The van der Waals surface area contributed by atoms with Crippen LogP contribution in [0.3, 0.4) is 0 Å². The smallest absolute Gasteiger partial charge is 0.220 e. The molecule has 0 aliphatic carbocycles. The summed E-state index contributed by atoms with van der Waals surface area (Å²) in [6.45, 7) is 1.90. The summed E-state index contributed by atoms with van der Waals surface area (Å²) in [4.78, 5) is 12.0. The van der Waals surface area contributed by atoms with Gasteiger partial charge in [0.25, 0.3) is 0 Å². The molecule has 1 N–H and O–H groups in total. The summed E-state index contributed by atoms with van der Waals surface area (Å²) in [6.07, 6.45) is 0.636. The third-order valence-corrected chi connectivity index (χ3v) is 3.56. The number of hydrogen-bond acceptors (Lipinski definition) is 2. The number of nitrogens with one attached hydrogen (secondary N) is 1. The van der Waals surface area contributed by atoms with E-state index in [9.17, 15) is 9.18 Å². The molecule has 1 amide bonds. The normalized spacial score (nSPS) is 11.8. The average Bonchev–Trinajstić information content (AvgIpc) is 2.54. The van der Waals surface area contributed by atoms with Crippen LogP contribution in [-0.2, 0) is 11.2 Å². The molecule has 0 bridgehead atoms. The fraction of sp³-hybridized carbons (Fsp3) is 0.278. The van der Waals surface area contributed by atoms with Gasteiger partial charge in [-0.3, -0.25) is 4.79 Å². The van der Waals surface area contributed by atoms with Gasteiger partial charge in [0.1, 0.15) is 11.6 Å². The fourth-order valence-electron chi connectivity index (χ4n) is 2.36. The summed E-state index contributed by atoms with van der Waals surface area (Å²) < 4.78 is 18.8. The summed E-state index contributed by atoms with van der Waals surface area (Å²) in [5, 5.41) is 2.92. The zero-order valence-electron chi connectivity index (χ0n) is 12.8. The first-order valence-electron chi connectivity index (χ1n) is 7.27. The summed E-state index contributed by atoms with van der Waals surface area (Å²) in [5.74, 6) is 0.360. The summed E-state index contributed by atoms with van der Waals surface area (Å²) >= 11 is 0. The molecule has 22 heavy (non-hydrogen) atoms. The number of benzene rings is 2. The molecule has 0 aromatic heterocycles. The van der Waals surface area contributed by atoms with Gasteiger partial charge >= 0.3 is 0 Å². The highest BCUT2D eigenvalue weighted by Gasteiger charge is 2.14. The molecule has 0 radical (unpaired) electrons. The largest absolute Gasteiger partial charge is 0.496 e. The highest BCUT2D eigenvalue weighted by Crippen LogP contribution is 2.24. The Morgan fingerprint density at radius 2 is 1.86 bits per heavy atom. The molecule has 4 heteroatoms. The standard InChI is InChI=1S/C18H20FNO2/c1-13(15-8-4-6-10-17(15)22-2)20-18(21)12-11-14-7-3-5-9-16(14)19/h3-10,13H,11-12H2,1-2H3,(H,20,21)/t13-/m1/s1. The zero-order chi connectivity index (χ0) is 15.9. The molecule has 2 rings (SSSR count). The maximum absolute atomic E-state index is 13.5. The summed E-state index contributed by atoms with van der Waals surface area (Å²) in [7, 11) is 1.60. The lowest BCUT2D eigenvalue weighted by Gasteiger charge is -2.17. The van der Waals surface area contributed by atoms with Crippen LogP contribution in [0.1, 0.15) is 30.5 Å². The highest BCUT2D eigenvalue weighted by atomic mass is 19.1. The molecule has 0 fully saturated rings. The summed E-state index contributed by atoms with van der Waals surface area (Å²) in [5.41, 5.74) is 1.48. The minimum Gasteiger partial charge on any atom is -0.496 e. The lowest BCUT2D eigenvalue weighted by atomic mass is 10.1. The number of methoxy groups -OCH3 is 1. The van der Waals surface area contributed by atoms with Crippen LogP contribution in [0.15, 0.2) is 48.5 Å².